The molecule has 1 heterocycles. The van der Waals surface area contributed by atoms with Gasteiger partial charge in [0.1, 0.15) is 5.54 Å². The molecule has 5 heteroatoms. The zero-order chi connectivity index (χ0) is 13.9. The Morgan fingerprint density at radius 2 is 1.89 bits per heavy atom. The number of carboxylic acids is 1. The molecule has 1 aliphatic heterocycles. The molecule has 2 rings (SSSR count). The lowest BCUT2D eigenvalue weighted by Crippen LogP contribution is -2.58. The summed E-state index contributed by atoms with van der Waals surface area (Å²) in [5, 5.41) is 9.43. The lowest BCUT2D eigenvalue weighted by Gasteiger charge is -2.43. The summed E-state index contributed by atoms with van der Waals surface area (Å²) in [6.07, 6.45) is 1.48. The summed E-state index contributed by atoms with van der Waals surface area (Å²) in [7, 11) is 1.54. The molecule has 102 valence electrons. The average Bonchev–Trinajstić information content (AvgIpc) is 2.47. The van der Waals surface area contributed by atoms with Crippen LogP contribution in [0, 0.1) is 0 Å². The van der Waals surface area contributed by atoms with Crippen LogP contribution in [0.15, 0.2) is 30.3 Å². The van der Waals surface area contributed by atoms with Gasteiger partial charge in [0, 0.05) is 25.8 Å². The molecule has 5 nitrogen and oxygen atoms in total. The van der Waals surface area contributed by atoms with Crippen LogP contribution < -0.4 is 4.90 Å². The van der Waals surface area contributed by atoms with Gasteiger partial charge in [-0.2, -0.15) is 0 Å². The molecule has 1 amide bonds. The van der Waals surface area contributed by atoms with Gasteiger partial charge in [0.2, 0.25) is 6.41 Å². The standard InChI is InChI=1S/C14H18N2O3/c1-15(11-17)14(13(18)19)7-9-16(10-8-14)12-5-3-2-4-6-12/h2-6,11H,7-10H2,1H3,(H,18,19). The first kappa shape index (κ1) is 13.4. The van der Waals surface area contributed by atoms with Crippen LogP contribution in [0.4, 0.5) is 5.69 Å². The Morgan fingerprint density at radius 3 is 2.37 bits per heavy atom. The predicted octanol–water partition coefficient (Wildman–Crippen LogP) is 1.20. The summed E-state index contributed by atoms with van der Waals surface area (Å²) in [5.41, 5.74) is 0.0303. The maximum Gasteiger partial charge on any atom is 0.329 e. The number of hydrogen-bond donors (Lipinski definition) is 1. The summed E-state index contributed by atoms with van der Waals surface area (Å²) in [5.74, 6) is -0.921. The number of nitrogens with zero attached hydrogens (tertiary/aromatic N) is 2. The summed E-state index contributed by atoms with van der Waals surface area (Å²) >= 11 is 0. The summed E-state index contributed by atoms with van der Waals surface area (Å²) < 4.78 is 0. The summed E-state index contributed by atoms with van der Waals surface area (Å²) in [6.45, 7) is 1.27. The molecule has 19 heavy (non-hydrogen) atoms. The molecule has 1 saturated heterocycles. The number of amides is 1. The van der Waals surface area contributed by atoms with Crippen molar-refractivity contribution in [1.29, 1.82) is 0 Å². The first-order chi connectivity index (χ1) is 9.10. The molecule has 1 aliphatic rings. The number of para-hydroxylation sites is 1. The number of piperidine rings is 1. The lowest BCUT2D eigenvalue weighted by molar-refractivity contribution is -0.155. The Labute approximate surface area is 112 Å². The summed E-state index contributed by atoms with van der Waals surface area (Å²) in [4.78, 5) is 25.9. The Hall–Kier alpha value is -2.04. The van der Waals surface area contributed by atoms with Gasteiger partial charge >= 0.3 is 5.97 Å². The third-order valence-electron chi connectivity index (χ3n) is 3.94. The van der Waals surface area contributed by atoms with Crippen LogP contribution in [0.1, 0.15) is 12.8 Å². The highest BCUT2D eigenvalue weighted by molar-refractivity contribution is 5.82. The third kappa shape index (κ3) is 2.41. The van der Waals surface area contributed by atoms with Crippen LogP contribution in [-0.2, 0) is 9.59 Å². The van der Waals surface area contributed by atoms with E-state index in [-0.39, 0.29) is 0 Å². The molecular weight excluding hydrogens is 244 g/mol. The van der Waals surface area contributed by atoms with Crippen LogP contribution >= 0.6 is 0 Å². The quantitative estimate of drug-likeness (QED) is 0.828. The van der Waals surface area contributed by atoms with Gasteiger partial charge in [0.05, 0.1) is 0 Å². The minimum Gasteiger partial charge on any atom is -0.479 e. The van der Waals surface area contributed by atoms with E-state index in [1.165, 1.54) is 4.90 Å². The smallest absolute Gasteiger partial charge is 0.329 e. The van der Waals surface area contributed by atoms with E-state index < -0.39 is 11.5 Å². The second-order valence-electron chi connectivity index (χ2n) is 4.88. The highest BCUT2D eigenvalue weighted by atomic mass is 16.4. The van der Waals surface area contributed by atoms with Gasteiger partial charge in [-0.1, -0.05) is 18.2 Å². The Bertz CT molecular complexity index is 453. The van der Waals surface area contributed by atoms with Crippen LogP contribution in [0.25, 0.3) is 0 Å². The van der Waals surface area contributed by atoms with Gasteiger partial charge < -0.3 is 14.9 Å². The molecule has 1 N–H and O–H groups in total. The van der Waals surface area contributed by atoms with Crippen molar-refractivity contribution in [2.75, 3.05) is 25.0 Å². The Balaban J connectivity index is 2.12. The lowest BCUT2D eigenvalue weighted by atomic mass is 9.86. The van der Waals surface area contributed by atoms with Crippen molar-refractivity contribution in [3.05, 3.63) is 30.3 Å². The van der Waals surface area contributed by atoms with Gasteiger partial charge in [-0.15, -0.1) is 0 Å². The fourth-order valence-corrected chi connectivity index (χ4v) is 2.59. The molecular formula is C14H18N2O3. The van der Waals surface area contributed by atoms with Crippen LogP contribution in [-0.4, -0.2) is 48.1 Å². The molecule has 0 aliphatic carbocycles. The SMILES string of the molecule is CN(C=O)C1(C(=O)O)CCN(c2ccccc2)CC1. The molecule has 0 spiro atoms. The van der Waals surface area contributed by atoms with E-state index in [2.05, 4.69) is 4.90 Å². The van der Waals surface area contributed by atoms with Crippen molar-refractivity contribution in [2.45, 2.75) is 18.4 Å². The van der Waals surface area contributed by atoms with Gasteiger partial charge in [-0.05, 0) is 25.0 Å². The minimum absolute atomic E-state index is 0.437. The monoisotopic (exact) mass is 262 g/mol. The van der Waals surface area contributed by atoms with Crippen LogP contribution in [0.5, 0.6) is 0 Å². The topological polar surface area (TPSA) is 60.9 Å². The second-order valence-corrected chi connectivity index (χ2v) is 4.88. The largest absolute Gasteiger partial charge is 0.479 e. The molecule has 0 saturated carbocycles. The number of carboxylic acid groups (broad SMARTS) is 1. The van der Waals surface area contributed by atoms with E-state index >= 15 is 0 Å². The number of benzene rings is 1. The first-order valence-electron chi connectivity index (χ1n) is 6.32. The van der Waals surface area contributed by atoms with Gasteiger partial charge in [-0.3, -0.25) is 4.79 Å². The van der Waals surface area contributed by atoms with Crippen molar-refractivity contribution in [3.8, 4) is 0 Å². The van der Waals surface area contributed by atoms with Gasteiger partial charge in [-0.25, -0.2) is 4.79 Å². The number of anilines is 1. The molecule has 0 atom stereocenters. The van der Waals surface area contributed by atoms with E-state index in [0.29, 0.717) is 32.3 Å². The molecule has 0 aromatic heterocycles. The van der Waals surface area contributed by atoms with Crippen LogP contribution in [0.2, 0.25) is 0 Å². The third-order valence-corrected chi connectivity index (χ3v) is 3.94. The van der Waals surface area contributed by atoms with Gasteiger partial charge in [0.25, 0.3) is 0 Å². The molecule has 0 bridgehead atoms. The zero-order valence-electron chi connectivity index (χ0n) is 11.0. The Morgan fingerprint density at radius 1 is 1.32 bits per heavy atom. The molecule has 1 aromatic rings. The average molecular weight is 262 g/mol. The maximum atomic E-state index is 11.5. The highest BCUT2D eigenvalue weighted by Crippen LogP contribution is 2.30. The number of hydrogen-bond acceptors (Lipinski definition) is 3. The number of carbonyl (C=O) groups is 2. The molecule has 0 radical (unpaired) electrons. The maximum absolute atomic E-state index is 11.5. The van der Waals surface area contributed by atoms with Crippen molar-refractivity contribution in [2.24, 2.45) is 0 Å². The fourth-order valence-electron chi connectivity index (χ4n) is 2.59. The normalized spacial score (nSPS) is 17.8. The predicted molar refractivity (Wildman–Crippen MR) is 72.1 cm³/mol. The van der Waals surface area contributed by atoms with E-state index in [1.54, 1.807) is 7.05 Å². The number of likely N-dealkylation sites (N-methyl/N-ethyl adjacent to an activating group) is 1. The first-order valence-corrected chi connectivity index (χ1v) is 6.32. The van der Waals surface area contributed by atoms with Crippen molar-refractivity contribution < 1.29 is 14.7 Å². The van der Waals surface area contributed by atoms with E-state index in [4.69, 9.17) is 0 Å². The van der Waals surface area contributed by atoms with Crippen molar-refractivity contribution >= 4 is 18.1 Å². The van der Waals surface area contributed by atoms with E-state index in [1.807, 2.05) is 30.3 Å². The number of rotatable bonds is 4. The zero-order valence-corrected chi connectivity index (χ0v) is 11.0. The van der Waals surface area contributed by atoms with E-state index in [0.717, 1.165) is 5.69 Å². The summed E-state index contributed by atoms with van der Waals surface area (Å²) in [6, 6.07) is 9.90. The van der Waals surface area contributed by atoms with Gasteiger partial charge in [0.15, 0.2) is 0 Å². The Kier molecular flexibility index (Phi) is 3.74. The highest BCUT2D eigenvalue weighted by Gasteiger charge is 2.44. The second kappa shape index (κ2) is 5.30. The number of aliphatic carboxylic acids is 1. The minimum atomic E-state index is -1.06. The molecule has 1 fully saturated rings. The van der Waals surface area contributed by atoms with E-state index in [9.17, 15) is 14.7 Å². The number of carbonyl (C=O) groups excluding carboxylic acids is 1. The molecule has 1 aromatic carbocycles. The van der Waals surface area contributed by atoms with Crippen LogP contribution in [0.3, 0.4) is 0 Å². The molecule has 0 unspecified atom stereocenters. The van der Waals surface area contributed by atoms with Crippen molar-refractivity contribution in [3.63, 3.8) is 0 Å². The fraction of sp³-hybridized carbons (Fsp3) is 0.429. The van der Waals surface area contributed by atoms with Crippen molar-refractivity contribution in [1.82, 2.24) is 4.90 Å².